The predicted octanol–water partition coefficient (Wildman–Crippen LogP) is 3.19. The Bertz CT molecular complexity index is 1000. The first-order valence-corrected chi connectivity index (χ1v) is 12.7. The number of nitrogens with zero attached hydrogens (tertiary/aromatic N) is 1. The molecule has 1 saturated heterocycles. The number of carbonyl (C=O) groups excluding carboxylic acids is 2. The van der Waals surface area contributed by atoms with E-state index in [9.17, 15) is 22.4 Å². The third-order valence-electron chi connectivity index (χ3n) is 5.87. The van der Waals surface area contributed by atoms with Gasteiger partial charge in [-0.25, -0.2) is 17.6 Å². The lowest BCUT2D eigenvalue weighted by atomic mass is 9.98. The van der Waals surface area contributed by atoms with Crippen molar-refractivity contribution in [3.05, 3.63) is 41.7 Å². The molecule has 7 nitrogen and oxygen atoms in total. The maximum Gasteiger partial charge on any atom is 0.325 e. The van der Waals surface area contributed by atoms with Crippen LogP contribution in [0.4, 0.5) is 9.18 Å². The van der Waals surface area contributed by atoms with Gasteiger partial charge in [-0.15, -0.1) is 0 Å². The van der Waals surface area contributed by atoms with Gasteiger partial charge in [0.1, 0.15) is 6.04 Å². The number of halogens is 1. The maximum atomic E-state index is 14.1. The number of urea groups is 1. The van der Waals surface area contributed by atoms with Crippen LogP contribution in [0, 0.1) is 11.7 Å². The first kappa shape index (κ1) is 24.2. The third kappa shape index (κ3) is 5.88. The zero-order valence-electron chi connectivity index (χ0n) is 18.8. The molecular weight excluding hydrogens is 435 g/mol. The van der Waals surface area contributed by atoms with E-state index in [1.165, 1.54) is 11.0 Å². The smallest absolute Gasteiger partial charge is 0.325 e. The monoisotopic (exact) mass is 466 g/mol. The largest absolute Gasteiger partial charge is 0.490 e. The standard InChI is InChI=1S/C23H31FN2O5S/c1-16(2)14-31-20-13-18(7-8-19(20)24)23(9-10-23)15-32(29,30)12-6-4-5-11-26-17(3)21(27)25-22(26)28/h4-5,7-8,13,16-17H,6,9-12,14-15H2,1-3H3,(H,25,27,28)/b5-4+. The van der Waals surface area contributed by atoms with Crippen LogP contribution in [0.3, 0.4) is 0 Å². The SMILES string of the molecule is CC(C)COc1cc(C2(CS(=O)(=O)CC/C=C/CN3C(=O)NC(=O)C3C)CC2)ccc1F. The Labute approximate surface area is 188 Å². The first-order valence-electron chi connectivity index (χ1n) is 10.9. The molecule has 0 bridgehead atoms. The molecule has 0 spiro atoms. The van der Waals surface area contributed by atoms with E-state index in [-0.39, 0.29) is 35.6 Å². The fraction of sp³-hybridized carbons (Fsp3) is 0.565. The van der Waals surface area contributed by atoms with Crippen molar-refractivity contribution in [3.63, 3.8) is 0 Å². The maximum absolute atomic E-state index is 14.1. The molecule has 9 heteroatoms. The number of hydrogen-bond donors (Lipinski definition) is 1. The van der Waals surface area contributed by atoms with Crippen LogP contribution >= 0.6 is 0 Å². The molecule has 176 valence electrons. The third-order valence-corrected chi connectivity index (χ3v) is 7.72. The zero-order valence-corrected chi connectivity index (χ0v) is 19.6. The summed E-state index contributed by atoms with van der Waals surface area (Å²) in [7, 11) is -3.34. The van der Waals surface area contributed by atoms with Gasteiger partial charge in [0.05, 0.1) is 18.1 Å². The molecular formula is C23H31FN2O5S. The van der Waals surface area contributed by atoms with Crippen LogP contribution < -0.4 is 10.1 Å². The highest BCUT2D eigenvalue weighted by molar-refractivity contribution is 7.91. The molecule has 1 aliphatic carbocycles. The molecule has 1 saturated carbocycles. The Balaban J connectivity index is 1.55. The summed E-state index contributed by atoms with van der Waals surface area (Å²) in [6.45, 7) is 6.24. The van der Waals surface area contributed by atoms with Gasteiger partial charge >= 0.3 is 6.03 Å². The zero-order chi connectivity index (χ0) is 23.5. The molecule has 2 aliphatic rings. The van der Waals surface area contributed by atoms with Crippen molar-refractivity contribution in [3.8, 4) is 5.75 Å². The summed E-state index contributed by atoms with van der Waals surface area (Å²) in [6, 6.07) is 3.68. The van der Waals surface area contributed by atoms with Gasteiger partial charge in [-0.1, -0.05) is 32.1 Å². The molecule has 3 amide bonds. The summed E-state index contributed by atoms with van der Waals surface area (Å²) in [4.78, 5) is 24.5. The highest BCUT2D eigenvalue weighted by atomic mass is 32.2. The molecule has 1 atom stereocenters. The van der Waals surface area contributed by atoms with E-state index in [0.29, 0.717) is 13.0 Å². The van der Waals surface area contributed by atoms with E-state index < -0.39 is 33.1 Å². The average molecular weight is 467 g/mol. The number of rotatable bonds is 11. The highest BCUT2D eigenvalue weighted by Gasteiger charge is 2.47. The van der Waals surface area contributed by atoms with Gasteiger partial charge in [0.25, 0.3) is 5.91 Å². The molecule has 32 heavy (non-hydrogen) atoms. The van der Waals surface area contributed by atoms with Gasteiger partial charge in [0.2, 0.25) is 0 Å². The molecule has 1 N–H and O–H groups in total. The summed E-state index contributed by atoms with van der Waals surface area (Å²) < 4.78 is 45.1. The average Bonchev–Trinajstić information content (AvgIpc) is 3.43. The Morgan fingerprint density at radius 3 is 2.59 bits per heavy atom. The van der Waals surface area contributed by atoms with Crippen LogP contribution in [0.5, 0.6) is 5.75 Å². The van der Waals surface area contributed by atoms with Crippen molar-refractivity contribution in [1.29, 1.82) is 0 Å². The van der Waals surface area contributed by atoms with E-state index >= 15 is 0 Å². The molecule has 3 rings (SSSR count). The van der Waals surface area contributed by atoms with Crippen LogP contribution in [-0.4, -0.2) is 56.0 Å². The van der Waals surface area contributed by atoms with Crippen LogP contribution in [0.2, 0.25) is 0 Å². The van der Waals surface area contributed by atoms with E-state index in [1.807, 2.05) is 13.8 Å². The summed E-state index contributed by atoms with van der Waals surface area (Å²) in [6.07, 6.45) is 5.23. The summed E-state index contributed by atoms with van der Waals surface area (Å²) in [5.74, 6) is -0.348. The lowest BCUT2D eigenvalue weighted by Crippen LogP contribution is -2.32. The summed E-state index contributed by atoms with van der Waals surface area (Å²) in [5, 5.41) is 2.24. The first-order chi connectivity index (χ1) is 15.0. The number of allylic oxidation sites excluding steroid dienone is 1. The second-order valence-electron chi connectivity index (χ2n) is 9.11. The minimum Gasteiger partial charge on any atom is -0.490 e. The Hall–Kier alpha value is -2.42. The Morgan fingerprint density at radius 2 is 2.00 bits per heavy atom. The number of sulfone groups is 1. The van der Waals surface area contributed by atoms with E-state index in [2.05, 4.69) is 5.32 Å². The van der Waals surface area contributed by atoms with Gasteiger partial charge in [-0.2, -0.15) is 0 Å². The Kier molecular flexibility index (Phi) is 7.27. The van der Waals surface area contributed by atoms with Crippen LogP contribution in [-0.2, 0) is 20.0 Å². The van der Waals surface area contributed by atoms with Crippen molar-refractivity contribution in [1.82, 2.24) is 10.2 Å². The second-order valence-corrected chi connectivity index (χ2v) is 11.3. The van der Waals surface area contributed by atoms with Gasteiger partial charge in [-0.05, 0) is 49.8 Å². The fourth-order valence-corrected chi connectivity index (χ4v) is 5.69. The normalized spacial score (nSPS) is 20.3. The number of amides is 3. The van der Waals surface area contributed by atoms with Crippen LogP contribution in [0.25, 0.3) is 0 Å². The molecule has 0 aromatic heterocycles. The number of ether oxygens (including phenoxy) is 1. The lowest BCUT2D eigenvalue weighted by Gasteiger charge is -2.18. The Morgan fingerprint density at radius 1 is 1.28 bits per heavy atom. The minimum absolute atomic E-state index is 0.0101. The lowest BCUT2D eigenvalue weighted by molar-refractivity contribution is -0.120. The van der Waals surface area contributed by atoms with E-state index in [0.717, 1.165) is 18.4 Å². The van der Waals surface area contributed by atoms with Crippen LogP contribution in [0.1, 0.15) is 45.6 Å². The summed E-state index contributed by atoms with van der Waals surface area (Å²) >= 11 is 0. The number of imide groups is 1. The van der Waals surface area contributed by atoms with Gasteiger partial charge in [0, 0.05) is 12.0 Å². The molecule has 0 radical (unpaired) electrons. The van der Waals surface area contributed by atoms with Crippen molar-refractivity contribution < 1.29 is 27.1 Å². The second kappa shape index (κ2) is 9.60. The summed E-state index contributed by atoms with van der Waals surface area (Å²) in [5.41, 5.74) is 0.325. The van der Waals surface area contributed by atoms with E-state index in [4.69, 9.17) is 4.74 Å². The molecule has 1 aromatic carbocycles. The van der Waals surface area contributed by atoms with Crippen molar-refractivity contribution >= 4 is 21.8 Å². The molecule has 1 aliphatic heterocycles. The number of nitrogens with one attached hydrogen (secondary N) is 1. The molecule has 2 fully saturated rings. The van der Waals surface area contributed by atoms with Gasteiger partial charge in [0.15, 0.2) is 21.4 Å². The number of hydrogen-bond acceptors (Lipinski definition) is 5. The molecule has 1 heterocycles. The van der Waals surface area contributed by atoms with Crippen molar-refractivity contribution in [2.45, 2.75) is 51.5 Å². The highest BCUT2D eigenvalue weighted by Crippen LogP contribution is 2.50. The van der Waals surface area contributed by atoms with Crippen LogP contribution in [0.15, 0.2) is 30.4 Å². The van der Waals surface area contributed by atoms with Crippen molar-refractivity contribution in [2.24, 2.45) is 5.92 Å². The fourth-order valence-electron chi connectivity index (χ4n) is 3.75. The van der Waals surface area contributed by atoms with E-state index in [1.54, 1.807) is 31.2 Å². The van der Waals surface area contributed by atoms with Gasteiger partial charge in [-0.3, -0.25) is 10.1 Å². The molecule has 1 unspecified atom stereocenters. The number of carbonyl (C=O) groups is 2. The predicted molar refractivity (Wildman–Crippen MR) is 120 cm³/mol. The quantitative estimate of drug-likeness (QED) is 0.399. The van der Waals surface area contributed by atoms with Gasteiger partial charge < -0.3 is 9.64 Å². The molecule has 1 aromatic rings. The topological polar surface area (TPSA) is 92.8 Å². The number of benzene rings is 1. The van der Waals surface area contributed by atoms with Crippen molar-refractivity contribution in [2.75, 3.05) is 24.7 Å². The minimum atomic E-state index is -3.34.